The average molecular weight is 555 g/mol. The molecule has 2 aliphatic rings. The topological polar surface area (TPSA) is 92.8 Å². The number of hydrogen-bond donors (Lipinski definition) is 1. The number of methoxy groups -OCH3 is 4. The SMILES string of the molecule is CCN1CCN(CCCNC(=O)[C@@H]2c3cc(OC)c(OC)cc3C(=O)N(C)[C@H]2c2ccc(OC)c(OC)c2)CC1. The van der Waals surface area contributed by atoms with E-state index in [1.54, 1.807) is 51.5 Å². The van der Waals surface area contributed by atoms with Crippen molar-refractivity contribution in [1.29, 1.82) is 0 Å². The van der Waals surface area contributed by atoms with Gasteiger partial charge < -0.3 is 39.0 Å². The molecule has 2 amide bonds. The third kappa shape index (κ3) is 5.97. The molecule has 2 aromatic carbocycles. The van der Waals surface area contributed by atoms with Crippen molar-refractivity contribution in [2.75, 3.05) is 81.3 Å². The standard InChI is InChI=1S/C30H42N4O6/c1-7-33-13-15-34(16-14-33)12-8-11-31-29(35)27-21-18-25(39-5)26(40-6)19-22(21)30(36)32(2)28(27)20-9-10-23(37-3)24(17-20)38-4/h9-10,17-19,27-28H,7-8,11-16H2,1-6H3,(H,31,35)/t27-,28+/m1/s1. The van der Waals surface area contributed by atoms with Gasteiger partial charge in [0.15, 0.2) is 23.0 Å². The Labute approximate surface area is 237 Å². The Bertz CT molecular complexity index is 1200. The summed E-state index contributed by atoms with van der Waals surface area (Å²) in [6, 6.07) is 8.34. The van der Waals surface area contributed by atoms with Crippen LogP contribution in [0.5, 0.6) is 23.0 Å². The molecule has 0 spiro atoms. The number of fused-ring (bicyclic) bond motifs is 1. The lowest BCUT2D eigenvalue weighted by atomic mass is 9.79. The van der Waals surface area contributed by atoms with Gasteiger partial charge >= 0.3 is 0 Å². The first kappa shape index (κ1) is 29.5. The van der Waals surface area contributed by atoms with Crippen LogP contribution in [-0.4, -0.2) is 108 Å². The zero-order chi connectivity index (χ0) is 28.8. The predicted octanol–water partition coefficient (Wildman–Crippen LogP) is 2.78. The Hall–Kier alpha value is -3.50. The number of piperazine rings is 1. The van der Waals surface area contributed by atoms with Gasteiger partial charge in [-0.1, -0.05) is 13.0 Å². The van der Waals surface area contributed by atoms with Crippen LogP contribution in [0.4, 0.5) is 0 Å². The maximum atomic E-state index is 14.0. The highest BCUT2D eigenvalue weighted by atomic mass is 16.5. The van der Waals surface area contributed by atoms with Crippen LogP contribution >= 0.6 is 0 Å². The number of carbonyl (C=O) groups is 2. The fraction of sp³-hybridized carbons (Fsp3) is 0.533. The first-order valence-electron chi connectivity index (χ1n) is 13.8. The van der Waals surface area contributed by atoms with Gasteiger partial charge in [0.2, 0.25) is 5.91 Å². The van der Waals surface area contributed by atoms with E-state index in [0.29, 0.717) is 40.7 Å². The van der Waals surface area contributed by atoms with E-state index in [1.807, 2.05) is 12.1 Å². The molecule has 0 bridgehead atoms. The normalized spacial score (nSPS) is 19.6. The summed E-state index contributed by atoms with van der Waals surface area (Å²) in [6.45, 7) is 9.02. The van der Waals surface area contributed by atoms with E-state index in [9.17, 15) is 9.59 Å². The van der Waals surface area contributed by atoms with Crippen LogP contribution in [0.1, 0.15) is 46.8 Å². The highest BCUT2D eigenvalue weighted by Crippen LogP contribution is 2.46. The number of ether oxygens (including phenoxy) is 4. The minimum atomic E-state index is -0.677. The van der Waals surface area contributed by atoms with Crippen LogP contribution in [-0.2, 0) is 4.79 Å². The van der Waals surface area contributed by atoms with E-state index in [4.69, 9.17) is 18.9 Å². The number of nitrogens with zero attached hydrogens (tertiary/aromatic N) is 3. The van der Waals surface area contributed by atoms with Gasteiger partial charge in [-0.25, -0.2) is 0 Å². The molecule has 0 unspecified atom stereocenters. The van der Waals surface area contributed by atoms with E-state index >= 15 is 0 Å². The van der Waals surface area contributed by atoms with Crippen molar-refractivity contribution >= 4 is 11.8 Å². The molecule has 2 atom stereocenters. The molecule has 4 rings (SSSR count). The first-order chi connectivity index (χ1) is 19.4. The van der Waals surface area contributed by atoms with Crippen LogP contribution in [0, 0.1) is 0 Å². The van der Waals surface area contributed by atoms with Crippen molar-refractivity contribution in [2.45, 2.75) is 25.3 Å². The average Bonchev–Trinajstić information content (AvgIpc) is 3.00. The number of amides is 2. The van der Waals surface area contributed by atoms with Crippen LogP contribution in [0.3, 0.4) is 0 Å². The first-order valence-corrected chi connectivity index (χ1v) is 13.8. The van der Waals surface area contributed by atoms with Crippen LogP contribution in [0.15, 0.2) is 30.3 Å². The summed E-state index contributed by atoms with van der Waals surface area (Å²) in [6.07, 6.45) is 0.846. The van der Waals surface area contributed by atoms with Crippen molar-refractivity contribution in [3.63, 3.8) is 0 Å². The van der Waals surface area contributed by atoms with Crippen molar-refractivity contribution in [1.82, 2.24) is 20.0 Å². The summed E-state index contributed by atoms with van der Waals surface area (Å²) < 4.78 is 22.0. The largest absolute Gasteiger partial charge is 0.493 e. The molecule has 0 aliphatic carbocycles. The minimum absolute atomic E-state index is 0.150. The summed E-state index contributed by atoms with van der Waals surface area (Å²) >= 11 is 0. The Kier molecular flexibility index (Phi) is 9.76. The fourth-order valence-electron chi connectivity index (χ4n) is 5.74. The molecule has 0 aromatic heterocycles. The van der Waals surface area contributed by atoms with E-state index in [1.165, 1.54) is 7.11 Å². The summed E-state index contributed by atoms with van der Waals surface area (Å²) in [7, 11) is 7.93. The van der Waals surface area contributed by atoms with Crippen LogP contribution < -0.4 is 24.3 Å². The molecule has 2 aliphatic heterocycles. The number of carbonyl (C=O) groups excluding carboxylic acids is 2. The zero-order valence-electron chi connectivity index (χ0n) is 24.5. The number of likely N-dealkylation sites (N-methyl/N-ethyl adjacent to an activating group) is 2. The third-order valence-electron chi connectivity index (χ3n) is 8.07. The van der Waals surface area contributed by atoms with Crippen LogP contribution in [0.25, 0.3) is 0 Å². The van der Waals surface area contributed by atoms with Crippen molar-refractivity contribution in [3.8, 4) is 23.0 Å². The quantitative estimate of drug-likeness (QED) is 0.424. The van der Waals surface area contributed by atoms with Gasteiger partial charge in [-0.15, -0.1) is 0 Å². The van der Waals surface area contributed by atoms with E-state index in [-0.39, 0.29) is 11.8 Å². The second-order valence-electron chi connectivity index (χ2n) is 10.2. The molecular formula is C30H42N4O6. The number of benzene rings is 2. The summed E-state index contributed by atoms with van der Waals surface area (Å²) in [5.74, 6) is 0.978. The second kappa shape index (κ2) is 13.2. The van der Waals surface area contributed by atoms with Crippen molar-refractivity contribution in [3.05, 3.63) is 47.0 Å². The molecule has 40 heavy (non-hydrogen) atoms. The monoisotopic (exact) mass is 554 g/mol. The lowest BCUT2D eigenvalue weighted by molar-refractivity contribution is -0.124. The summed E-state index contributed by atoms with van der Waals surface area (Å²) in [5, 5.41) is 3.16. The second-order valence-corrected chi connectivity index (χ2v) is 10.2. The maximum Gasteiger partial charge on any atom is 0.254 e. The molecule has 218 valence electrons. The Balaban J connectivity index is 1.62. The minimum Gasteiger partial charge on any atom is -0.493 e. The Morgan fingerprint density at radius 1 is 0.875 bits per heavy atom. The van der Waals surface area contributed by atoms with Crippen LogP contribution in [0.2, 0.25) is 0 Å². The number of hydrogen-bond acceptors (Lipinski definition) is 8. The van der Waals surface area contributed by atoms with Gasteiger partial charge in [0, 0.05) is 45.3 Å². The van der Waals surface area contributed by atoms with Gasteiger partial charge in [0.25, 0.3) is 5.91 Å². The summed E-state index contributed by atoms with van der Waals surface area (Å²) in [5.41, 5.74) is 1.79. The van der Waals surface area contributed by atoms with E-state index in [0.717, 1.165) is 51.3 Å². The molecular weight excluding hydrogens is 512 g/mol. The highest BCUT2D eigenvalue weighted by Gasteiger charge is 2.43. The molecule has 1 N–H and O–H groups in total. The lowest BCUT2D eigenvalue weighted by Gasteiger charge is -2.40. The Morgan fingerprint density at radius 3 is 2.10 bits per heavy atom. The van der Waals surface area contributed by atoms with Crippen molar-refractivity contribution in [2.24, 2.45) is 0 Å². The maximum absolute atomic E-state index is 14.0. The van der Waals surface area contributed by atoms with Gasteiger partial charge in [0.05, 0.1) is 40.4 Å². The molecule has 1 fully saturated rings. The summed E-state index contributed by atoms with van der Waals surface area (Å²) in [4.78, 5) is 34.1. The van der Waals surface area contributed by atoms with Gasteiger partial charge in [0.1, 0.15) is 0 Å². The predicted molar refractivity (Wildman–Crippen MR) is 153 cm³/mol. The molecule has 2 aromatic rings. The van der Waals surface area contributed by atoms with Gasteiger partial charge in [-0.2, -0.15) is 0 Å². The number of rotatable bonds is 11. The number of nitrogens with one attached hydrogen (secondary N) is 1. The third-order valence-corrected chi connectivity index (χ3v) is 8.07. The van der Waals surface area contributed by atoms with E-state index < -0.39 is 12.0 Å². The molecule has 0 saturated carbocycles. The molecule has 0 radical (unpaired) electrons. The molecule has 2 heterocycles. The van der Waals surface area contributed by atoms with Gasteiger partial charge in [-0.3, -0.25) is 9.59 Å². The fourth-order valence-corrected chi connectivity index (χ4v) is 5.74. The smallest absolute Gasteiger partial charge is 0.254 e. The van der Waals surface area contributed by atoms with Crippen molar-refractivity contribution < 1.29 is 28.5 Å². The Morgan fingerprint density at radius 2 is 1.48 bits per heavy atom. The highest BCUT2D eigenvalue weighted by molar-refractivity contribution is 6.02. The molecule has 10 heteroatoms. The lowest BCUT2D eigenvalue weighted by Crippen LogP contribution is -2.47. The molecule has 1 saturated heterocycles. The molecule has 10 nitrogen and oxygen atoms in total. The van der Waals surface area contributed by atoms with E-state index in [2.05, 4.69) is 22.0 Å². The zero-order valence-corrected chi connectivity index (χ0v) is 24.5. The van der Waals surface area contributed by atoms with Gasteiger partial charge in [-0.05, 0) is 54.9 Å².